The van der Waals surface area contributed by atoms with Crippen LogP contribution in [0.5, 0.6) is 17.2 Å². The number of ether oxygens (including phenoxy) is 3. The van der Waals surface area contributed by atoms with Gasteiger partial charge in [0.1, 0.15) is 19.0 Å². The number of amides is 1. The smallest absolute Gasteiger partial charge is 0.237 e. The van der Waals surface area contributed by atoms with Gasteiger partial charge in [-0.3, -0.25) is 4.79 Å². The second kappa shape index (κ2) is 8.56. The monoisotopic (exact) mass is 393 g/mol. The standard InChI is InChI=1S/C19H20ClNO4S/c1-12(19(22)21-14-3-5-15(23-2)6-4-14)26-11-13-9-16(20)18-17(10-13)24-7-8-25-18/h3-6,9-10,12H,7-8,11H2,1-2H3,(H,21,22). The van der Waals surface area contributed by atoms with Crippen molar-refractivity contribution in [3.05, 3.63) is 47.0 Å². The first-order valence-electron chi connectivity index (χ1n) is 8.21. The lowest BCUT2D eigenvalue weighted by molar-refractivity contribution is -0.115. The molecular formula is C19H20ClNO4S. The summed E-state index contributed by atoms with van der Waals surface area (Å²) in [6, 6.07) is 11.0. The zero-order valence-electron chi connectivity index (χ0n) is 14.6. The van der Waals surface area contributed by atoms with Gasteiger partial charge >= 0.3 is 0 Å². The van der Waals surface area contributed by atoms with Gasteiger partial charge in [0.2, 0.25) is 5.91 Å². The van der Waals surface area contributed by atoms with Gasteiger partial charge in [0.25, 0.3) is 0 Å². The number of rotatable bonds is 6. The van der Waals surface area contributed by atoms with E-state index in [1.807, 2.05) is 43.3 Å². The van der Waals surface area contributed by atoms with E-state index in [0.717, 1.165) is 17.0 Å². The molecule has 1 aliphatic rings. The molecule has 0 saturated carbocycles. The van der Waals surface area contributed by atoms with Crippen LogP contribution < -0.4 is 19.5 Å². The fourth-order valence-electron chi connectivity index (χ4n) is 2.46. The van der Waals surface area contributed by atoms with Gasteiger partial charge < -0.3 is 19.5 Å². The largest absolute Gasteiger partial charge is 0.497 e. The van der Waals surface area contributed by atoms with Gasteiger partial charge in [0.05, 0.1) is 17.4 Å². The van der Waals surface area contributed by atoms with E-state index in [9.17, 15) is 4.79 Å². The second-order valence-corrected chi connectivity index (χ2v) is 7.51. The summed E-state index contributed by atoms with van der Waals surface area (Å²) in [4.78, 5) is 12.4. The van der Waals surface area contributed by atoms with Gasteiger partial charge in [0.15, 0.2) is 11.5 Å². The Morgan fingerprint density at radius 3 is 2.73 bits per heavy atom. The second-order valence-electron chi connectivity index (χ2n) is 5.77. The van der Waals surface area contributed by atoms with Crippen molar-refractivity contribution in [3.8, 4) is 17.2 Å². The van der Waals surface area contributed by atoms with Crippen LogP contribution in [0.1, 0.15) is 12.5 Å². The molecule has 5 nitrogen and oxygen atoms in total. The number of hydrogen-bond donors (Lipinski definition) is 1. The van der Waals surface area contributed by atoms with Gasteiger partial charge in [-0.1, -0.05) is 11.6 Å². The predicted octanol–water partition coefficient (Wildman–Crippen LogP) is 4.38. The number of thioether (sulfide) groups is 1. The van der Waals surface area contributed by atoms with E-state index in [0.29, 0.717) is 35.5 Å². The number of carbonyl (C=O) groups is 1. The molecule has 1 aliphatic heterocycles. The first-order valence-corrected chi connectivity index (χ1v) is 9.64. The highest BCUT2D eigenvalue weighted by molar-refractivity contribution is 7.99. The summed E-state index contributed by atoms with van der Waals surface area (Å²) < 4.78 is 16.2. The van der Waals surface area contributed by atoms with E-state index in [4.69, 9.17) is 25.8 Å². The highest BCUT2D eigenvalue weighted by Gasteiger charge is 2.18. The summed E-state index contributed by atoms with van der Waals surface area (Å²) in [6.07, 6.45) is 0. The van der Waals surface area contributed by atoms with E-state index >= 15 is 0 Å². The third kappa shape index (κ3) is 4.56. The molecule has 2 aromatic rings. The minimum atomic E-state index is -0.218. The molecule has 0 saturated heterocycles. The van der Waals surface area contributed by atoms with Crippen LogP contribution in [0, 0.1) is 0 Å². The molecule has 1 N–H and O–H groups in total. The van der Waals surface area contributed by atoms with Crippen molar-refractivity contribution in [1.29, 1.82) is 0 Å². The molecule has 7 heteroatoms. The molecule has 0 spiro atoms. The van der Waals surface area contributed by atoms with E-state index in [1.54, 1.807) is 7.11 Å². The maximum atomic E-state index is 12.4. The van der Waals surface area contributed by atoms with Crippen molar-refractivity contribution < 1.29 is 19.0 Å². The fourth-order valence-corrected chi connectivity index (χ4v) is 3.57. The molecule has 3 rings (SSSR count). The third-order valence-corrected chi connectivity index (χ3v) is 5.38. The lowest BCUT2D eigenvalue weighted by Crippen LogP contribution is -2.22. The van der Waals surface area contributed by atoms with Crippen LogP contribution in [-0.2, 0) is 10.5 Å². The third-order valence-electron chi connectivity index (χ3n) is 3.88. The van der Waals surface area contributed by atoms with Crippen molar-refractivity contribution in [3.63, 3.8) is 0 Å². The van der Waals surface area contributed by atoms with E-state index in [-0.39, 0.29) is 11.2 Å². The summed E-state index contributed by atoms with van der Waals surface area (Å²) in [5, 5.41) is 3.22. The molecule has 0 bridgehead atoms. The van der Waals surface area contributed by atoms with Crippen molar-refractivity contribution in [2.75, 3.05) is 25.6 Å². The highest BCUT2D eigenvalue weighted by atomic mass is 35.5. The lowest BCUT2D eigenvalue weighted by atomic mass is 10.2. The Labute approximate surface area is 162 Å². The molecule has 0 fully saturated rings. The van der Waals surface area contributed by atoms with Crippen LogP contribution in [0.15, 0.2) is 36.4 Å². The Balaban J connectivity index is 1.56. The van der Waals surface area contributed by atoms with Gasteiger partial charge in [-0.15, -0.1) is 11.8 Å². The Kier molecular flexibility index (Phi) is 6.16. The summed E-state index contributed by atoms with van der Waals surface area (Å²) in [5.74, 6) is 2.60. The number of benzene rings is 2. The maximum absolute atomic E-state index is 12.4. The van der Waals surface area contributed by atoms with Crippen molar-refractivity contribution in [2.45, 2.75) is 17.9 Å². The number of fused-ring (bicyclic) bond motifs is 1. The lowest BCUT2D eigenvalue weighted by Gasteiger charge is -2.20. The van der Waals surface area contributed by atoms with E-state index in [1.165, 1.54) is 11.8 Å². The Morgan fingerprint density at radius 2 is 2.00 bits per heavy atom. The van der Waals surface area contributed by atoms with Crippen LogP contribution in [0.3, 0.4) is 0 Å². The molecule has 0 aliphatic carbocycles. The van der Waals surface area contributed by atoms with Crippen LogP contribution in [0.2, 0.25) is 5.02 Å². The SMILES string of the molecule is COc1ccc(NC(=O)C(C)SCc2cc(Cl)c3c(c2)OCCO3)cc1. The molecule has 26 heavy (non-hydrogen) atoms. The van der Waals surface area contributed by atoms with E-state index < -0.39 is 0 Å². The number of carbonyl (C=O) groups excluding carboxylic acids is 1. The number of anilines is 1. The van der Waals surface area contributed by atoms with Crippen molar-refractivity contribution >= 4 is 35.0 Å². The minimum absolute atomic E-state index is 0.0520. The zero-order chi connectivity index (χ0) is 18.5. The normalized spacial score (nSPS) is 13.8. The van der Waals surface area contributed by atoms with Crippen molar-refractivity contribution in [1.82, 2.24) is 0 Å². The zero-order valence-corrected chi connectivity index (χ0v) is 16.2. The number of methoxy groups -OCH3 is 1. The Bertz CT molecular complexity index is 782. The van der Waals surface area contributed by atoms with Gasteiger partial charge in [-0.25, -0.2) is 0 Å². The predicted molar refractivity (Wildman–Crippen MR) is 105 cm³/mol. The topological polar surface area (TPSA) is 56.8 Å². The van der Waals surface area contributed by atoms with Gasteiger partial charge in [0, 0.05) is 11.4 Å². The molecule has 2 aromatic carbocycles. The van der Waals surface area contributed by atoms with Crippen LogP contribution in [0.25, 0.3) is 0 Å². The van der Waals surface area contributed by atoms with Crippen LogP contribution in [-0.4, -0.2) is 31.5 Å². The summed E-state index contributed by atoms with van der Waals surface area (Å²) in [7, 11) is 1.61. The summed E-state index contributed by atoms with van der Waals surface area (Å²) >= 11 is 7.79. The first kappa shape index (κ1) is 18.7. The number of halogens is 1. The van der Waals surface area contributed by atoms with Crippen LogP contribution >= 0.6 is 23.4 Å². The highest BCUT2D eigenvalue weighted by Crippen LogP contribution is 2.39. The quantitative estimate of drug-likeness (QED) is 0.789. The maximum Gasteiger partial charge on any atom is 0.237 e. The van der Waals surface area contributed by atoms with Gasteiger partial charge in [-0.2, -0.15) is 0 Å². The van der Waals surface area contributed by atoms with Crippen molar-refractivity contribution in [2.24, 2.45) is 0 Å². The molecule has 0 aromatic heterocycles. The van der Waals surface area contributed by atoms with E-state index in [2.05, 4.69) is 5.32 Å². The Hall–Kier alpha value is -2.05. The first-order chi connectivity index (χ1) is 12.6. The molecule has 1 atom stereocenters. The molecule has 0 radical (unpaired) electrons. The number of nitrogens with one attached hydrogen (secondary N) is 1. The molecule has 138 valence electrons. The minimum Gasteiger partial charge on any atom is -0.497 e. The average Bonchev–Trinajstić information content (AvgIpc) is 2.66. The molecular weight excluding hydrogens is 374 g/mol. The number of hydrogen-bond acceptors (Lipinski definition) is 5. The molecule has 1 amide bonds. The van der Waals surface area contributed by atoms with Crippen LogP contribution in [0.4, 0.5) is 5.69 Å². The summed E-state index contributed by atoms with van der Waals surface area (Å²) in [5.41, 5.74) is 1.74. The molecule has 1 heterocycles. The summed E-state index contributed by atoms with van der Waals surface area (Å²) in [6.45, 7) is 2.90. The van der Waals surface area contributed by atoms with Gasteiger partial charge in [-0.05, 0) is 48.9 Å². The molecule has 1 unspecified atom stereocenters. The average molecular weight is 394 g/mol. The Morgan fingerprint density at radius 1 is 1.27 bits per heavy atom. The fraction of sp³-hybridized carbons (Fsp3) is 0.316.